The van der Waals surface area contributed by atoms with Gasteiger partial charge in [-0.25, -0.2) is 0 Å². The van der Waals surface area contributed by atoms with Crippen molar-refractivity contribution in [2.75, 3.05) is 5.32 Å². The number of aryl methyl sites for hydroxylation is 1. The minimum atomic E-state index is -0.579. The number of rotatable bonds is 1. The second-order valence-electron chi connectivity index (χ2n) is 4.99. The molecule has 1 amide bonds. The molecule has 0 spiro atoms. The predicted molar refractivity (Wildman–Crippen MR) is 72.7 cm³/mol. The van der Waals surface area contributed by atoms with Gasteiger partial charge < -0.3 is 5.32 Å². The summed E-state index contributed by atoms with van der Waals surface area (Å²) in [5.41, 5.74) is 3.64. The third-order valence-corrected chi connectivity index (χ3v) is 3.80. The molecule has 3 rings (SSSR count). The van der Waals surface area contributed by atoms with Crippen molar-refractivity contribution in [3.05, 3.63) is 65.2 Å². The van der Waals surface area contributed by atoms with Crippen LogP contribution in [0.5, 0.6) is 0 Å². The molecule has 1 aliphatic rings. The molecule has 90 valence electrons. The van der Waals surface area contributed by atoms with Gasteiger partial charge >= 0.3 is 0 Å². The molecule has 2 aromatic rings. The summed E-state index contributed by atoms with van der Waals surface area (Å²) in [7, 11) is 0. The third kappa shape index (κ3) is 1.39. The quantitative estimate of drug-likeness (QED) is 0.810. The van der Waals surface area contributed by atoms with E-state index in [9.17, 15) is 4.79 Å². The molecule has 2 heteroatoms. The van der Waals surface area contributed by atoms with Crippen LogP contribution in [0, 0.1) is 6.92 Å². The van der Waals surface area contributed by atoms with E-state index in [1.807, 2.05) is 43.3 Å². The molecule has 0 bridgehead atoms. The molecule has 0 fully saturated rings. The second-order valence-corrected chi connectivity index (χ2v) is 4.99. The zero-order chi connectivity index (χ0) is 12.8. The zero-order valence-corrected chi connectivity index (χ0v) is 10.5. The van der Waals surface area contributed by atoms with Crippen LogP contribution < -0.4 is 5.32 Å². The lowest BCUT2D eigenvalue weighted by molar-refractivity contribution is -0.119. The second kappa shape index (κ2) is 3.70. The van der Waals surface area contributed by atoms with Crippen LogP contribution >= 0.6 is 0 Å². The maximum atomic E-state index is 12.3. The van der Waals surface area contributed by atoms with Crippen molar-refractivity contribution in [2.45, 2.75) is 19.3 Å². The molecule has 1 heterocycles. The Hall–Kier alpha value is -2.09. The van der Waals surface area contributed by atoms with Gasteiger partial charge in [0.15, 0.2) is 0 Å². The van der Waals surface area contributed by atoms with Crippen LogP contribution in [-0.4, -0.2) is 5.91 Å². The number of benzene rings is 2. The number of hydrogen-bond donors (Lipinski definition) is 1. The van der Waals surface area contributed by atoms with Gasteiger partial charge in [0.05, 0.1) is 5.41 Å². The van der Waals surface area contributed by atoms with E-state index in [1.165, 1.54) is 5.56 Å². The molecule has 0 unspecified atom stereocenters. The van der Waals surface area contributed by atoms with Crippen LogP contribution in [0.15, 0.2) is 48.5 Å². The highest BCUT2D eigenvalue weighted by Crippen LogP contribution is 2.42. The Morgan fingerprint density at radius 2 is 1.67 bits per heavy atom. The number of para-hydroxylation sites is 1. The van der Waals surface area contributed by atoms with Gasteiger partial charge in [0, 0.05) is 5.69 Å². The fourth-order valence-corrected chi connectivity index (χ4v) is 2.57. The first kappa shape index (κ1) is 11.0. The SMILES string of the molecule is Cc1ccc([C@]2(C)C(=O)Nc3ccccc32)cc1. The van der Waals surface area contributed by atoms with Crippen molar-refractivity contribution in [3.8, 4) is 0 Å². The number of carbonyl (C=O) groups is 1. The number of fused-ring (bicyclic) bond motifs is 1. The molecule has 0 aliphatic carbocycles. The van der Waals surface area contributed by atoms with Crippen molar-refractivity contribution in [3.63, 3.8) is 0 Å². The minimum Gasteiger partial charge on any atom is -0.325 e. The van der Waals surface area contributed by atoms with Crippen LogP contribution in [0.25, 0.3) is 0 Å². The molecular weight excluding hydrogens is 222 g/mol. The Labute approximate surface area is 107 Å². The number of carbonyl (C=O) groups excluding carboxylic acids is 1. The highest BCUT2D eigenvalue weighted by molar-refractivity contribution is 6.08. The molecule has 0 saturated heterocycles. The Morgan fingerprint density at radius 3 is 2.39 bits per heavy atom. The van der Waals surface area contributed by atoms with Crippen LogP contribution in [0.1, 0.15) is 23.6 Å². The van der Waals surface area contributed by atoms with Crippen molar-refractivity contribution in [1.82, 2.24) is 0 Å². The Kier molecular flexibility index (Phi) is 2.27. The lowest BCUT2D eigenvalue weighted by atomic mass is 9.77. The largest absolute Gasteiger partial charge is 0.325 e. The van der Waals surface area contributed by atoms with Crippen LogP contribution in [0.4, 0.5) is 5.69 Å². The van der Waals surface area contributed by atoms with Gasteiger partial charge in [0.2, 0.25) is 5.91 Å². The summed E-state index contributed by atoms with van der Waals surface area (Å²) >= 11 is 0. The summed E-state index contributed by atoms with van der Waals surface area (Å²) < 4.78 is 0. The molecular formula is C16H15NO. The highest BCUT2D eigenvalue weighted by Gasteiger charge is 2.43. The standard InChI is InChI=1S/C16H15NO/c1-11-7-9-12(10-8-11)16(2)13-5-3-4-6-14(13)17-15(16)18/h3-10H,1-2H3,(H,17,18)/t16-/m0/s1. The van der Waals surface area contributed by atoms with Gasteiger partial charge in [0.25, 0.3) is 0 Å². The third-order valence-electron chi connectivity index (χ3n) is 3.80. The Balaban J connectivity index is 2.20. The zero-order valence-electron chi connectivity index (χ0n) is 10.5. The van der Waals surface area contributed by atoms with Gasteiger partial charge in [-0.05, 0) is 31.0 Å². The fourth-order valence-electron chi connectivity index (χ4n) is 2.57. The first-order valence-corrected chi connectivity index (χ1v) is 6.10. The highest BCUT2D eigenvalue weighted by atomic mass is 16.2. The van der Waals surface area contributed by atoms with E-state index in [0.717, 1.165) is 16.8 Å². The van der Waals surface area contributed by atoms with Crippen molar-refractivity contribution in [1.29, 1.82) is 0 Å². The molecule has 18 heavy (non-hydrogen) atoms. The van der Waals surface area contributed by atoms with E-state index >= 15 is 0 Å². The van der Waals surface area contributed by atoms with E-state index in [0.29, 0.717) is 0 Å². The first-order chi connectivity index (χ1) is 8.62. The van der Waals surface area contributed by atoms with Crippen LogP contribution in [0.2, 0.25) is 0 Å². The minimum absolute atomic E-state index is 0.0487. The number of nitrogens with one attached hydrogen (secondary N) is 1. The van der Waals surface area contributed by atoms with Gasteiger partial charge in [-0.15, -0.1) is 0 Å². The molecule has 1 N–H and O–H groups in total. The lowest BCUT2D eigenvalue weighted by Gasteiger charge is -2.23. The van der Waals surface area contributed by atoms with E-state index in [2.05, 4.69) is 24.4 Å². The fraction of sp³-hybridized carbons (Fsp3) is 0.188. The van der Waals surface area contributed by atoms with E-state index < -0.39 is 5.41 Å². The first-order valence-electron chi connectivity index (χ1n) is 6.10. The summed E-state index contributed by atoms with van der Waals surface area (Å²) in [6.45, 7) is 4.04. The summed E-state index contributed by atoms with van der Waals surface area (Å²) in [5.74, 6) is 0.0487. The summed E-state index contributed by atoms with van der Waals surface area (Å²) in [5, 5.41) is 2.96. The van der Waals surface area contributed by atoms with Crippen LogP contribution in [-0.2, 0) is 10.2 Å². The lowest BCUT2D eigenvalue weighted by Crippen LogP contribution is -2.32. The smallest absolute Gasteiger partial charge is 0.239 e. The van der Waals surface area contributed by atoms with Crippen molar-refractivity contribution < 1.29 is 4.79 Å². The van der Waals surface area contributed by atoms with Crippen molar-refractivity contribution >= 4 is 11.6 Å². The van der Waals surface area contributed by atoms with Gasteiger partial charge in [-0.2, -0.15) is 0 Å². The monoisotopic (exact) mass is 237 g/mol. The Morgan fingerprint density at radius 1 is 1.00 bits per heavy atom. The molecule has 2 aromatic carbocycles. The number of amides is 1. The molecule has 1 atom stereocenters. The molecule has 0 saturated carbocycles. The predicted octanol–water partition coefficient (Wildman–Crippen LogP) is 3.25. The van der Waals surface area contributed by atoms with E-state index in [4.69, 9.17) is 0 Å². The molecule has 0 radical (unpaired) electrons. The average molecular weight is 237 g/mol. The molecule has 1 aliphatic heterocycles. The maximum Gasteiger partial charge on any atom is 0.239 e. The number of hydrogen-bond acceptors (Lipinski definition) is 1. The Bertz CT molecular complexity index is 615. The van der Waals surface area contributed by atoms with Gasteiger partial charge in [-0.1, -0.05) is 48.0 Å². The van der Waals surface area contributed by atoms with Gasteiger partial charge in [0.1, 0.15) is 0 Å². The normalized spacial score (nSPS) is 21.6. The number of anilines is 1. The van der Waals surface area contributed by atoms with Gasteiger partial charge in [-0.3, -0.25) is 4.79 Å². The van der Waals surface area contributed by atoms with E-state index in [1.54, 1.807) is 0 Å². The maximum absolute atomic E-state index is 12.3. The average Bonchev–Trinajstić information content (AvgIpc) is 2.64. The summed E-state index contributed by atoms with van der Waals surface area (Å²) in [6.07, 6.45) is 0. The molecule has 2 nitrogen and oxygen atoms in total. The topological polar surface area (TPSA) is 29.1 Å². The van der Waals surface area contributed by atoms with Crippen LogP contribution in [0.3, 0.4) is 0 Å². The van der Waals surface area contributed by atoms with E-state index in [-0.39, 0.29) is 5.91 Å². The van der Waals surface area contributed by atoms with Crippen molar-refractivity contribution in [2.24, 2.45) is 0 Å². The molecule has 0 aromatic heterocycles. The summed E-state index contributed by atoms with van der Waals surface area (Å²) in [6, 6.07) is 16.1. The summed E-state index contributed by atoms with van der Waals surface area (Å²) in [4.78, 5) is 12.3.